The summed E-state index contributed by atoms with van der Waals surface area (Å²) in [6, 6.07) is 1.13. The number of nitrogen functional groups attached to an aromatic ring is 1. The molecule has 17 nitrogen and oxygen atoms in total. The van der Waals surface area contributed by atoms with E-state index in [2.05, 4.69) is 18.3 Å². The molecule has 1 unspecified atom stereocenters. The van der Waals surface area contributed by atoms with Crippen LogP contribution in [0.1, 0.15) is 6.23 Å². The molecule has 1 aromatic heterocycles. The van der Waals surface area contributed by atoms with E-state index in [0.717, 1.165) is 12.3 Å². The Labute approximate surface area is 160 Å². The van der Waals surface area contributed by atoms with Crippen molar-refractivity contribution in [1.82, 2.24) is 9.55 Å². The molecular weight excluding hydrogens is 467 g/mol. The minimum atomic E-state index is -5.41. The first kappa shape index (κ1) is 24.2. The quantitative estimate of drug-likeness (QED) is 0.193. The second-order valence-electron chi connectivity index (χ2n) is 5.50. The van der Waals surface area contributed by atoms with Crippen molar-refractivity contribution in [2.45, 2.75) is 24.5 Å². The fourth-order valence-electron chi connectivity index (χ4n) is 2.30. The van der Waals surface area contributed by atoms with E-state index in [0.29, 0.717) is 4.57 Å². The first-order valence-corrected chi connectivity index (χ1v) is 11.8. The standard InChI is InChI=1S/C9H16N3O14P3/c10-5-1-2-12(9(14)11-5)8-7(25-27(15,16)17)6(13)4(24-8)3-23-29(21,22)26-28(18,19)20/h1-2,4,6-8,13H,3H2,(H,21,22)(H2,10,11,14)(H2,15,16,17)(H2,18,19,20)/t4-,6-,7-,8-/m1/s1. The van der Waals surface area contributed by atoms with Crippen LogP contribution in [0.15, 0.2) is 17.1 Å². The molecule has 20 heteroatoms. The molecule has 1 aliphatic rings. The van der Waals surface area contributed by atoms with Gasteiger partial charge < -0.3 is 40.0 Å². The Bertz CT molecular complexity index is 940. The minimum Gasteiger partial charge on any atom is -0.387 e. The van der Waals surface area contributed by atoms with Gasteiger partial charge in [-0.25, -0.2) is 18.5 Å². The van der Waals surface area contributed by atoms with Gasteiger partial charge in [-0.15, -0.1) is 0 Å². The summed E-state index contributed by atoms with van der Waals surface area (Å²) in [5.41, 5.74) is 4.30. The van der Waals surface area contributed by atoms with Gasteiger partial charge in [-0.1, -0.05) is 0 Å². The number of hydrogen-bond donors (Lipinski definition) is 7. The zero-order chi connectivity index (χ0) is 22.2. The summed E-state index contributed by atoms with van der Waals surface area (Å²) >= 11 is 0. The zero-order valence-electron chi connectivity index (χ0n) is 13.9. The SMILES string of the molecule is Nc1ccn([C@@H]2O[C@H](COP(=O)(O)OP(=O)(O)O)[C@@H](O)[C@H]2OP(=O)(O)O)c(=O)n1. The van der Waals surface area contributed by atoms with Crippen LogP contribution in [0, 0.1) is 0 Å². The molecule has 0 aromatic carbocycles. The lowest BCUT2D eigenvalue weighted by molar-refractivity contribution is -0.0534. The number of hydrogen-bond acceptors (Lipinski definition) is 11. The predicted molar refractivity (Wildman–Crippen MR) is 88.6 cm³/mol. The Morgan fingerprint density at radius 1 is 1.17 bits per heavy atom. The molecule has 2 rings (SSSR count). The molecule has 29 heavy (non-hydrogen) atoms. The fourth-order valence-corrected chi connectivity index (χ4v) is 4.44. The molecule has 1 saturated heterocycles. The Hall–Kier alpha value is -1.03. The molecule has 1 aliphatic heterocycles. The number of nitrogens with two attached hydrogens (primary N) is 1. The highest BCUT2D eigenvalue weighted by molar-refractivity contribution is 7.60. The molecule has 0 aliphatic carbocycles. The van der Waals surface area contributed by atoms with Gasteiger partial charge in [-0.05, 0) is 6.07 Å². The molecule has 5 atom stereocenters. The Balaban J connectivity index is 2.25. The van der Waals surface area contributed by atoms with E-state index in [-0.39, 0.29) is 5.82 Å². The van der Waals surface area contributed by atoms with Crippen molar-refractivity contribution >= 4 is 29.3 Å². The second-order valence-corrected chi connectivity index (χ2v) is 9.52. The van der Waals surface area contributed by atoms with Crippen LogP contribution in [0.3, 0.4) is 0 Å². The van der Waals surface area contributed by atoms with Gasteiger partial charge in [0.2, 0.25) is 0 Å². The molecule has 0 spiro atoms. The van der Waals surface area contributed by atoms with Crippen LogP contribution in [-0.4, -0.2) is 64.0 Å². The highest BCUT2D eigenvalue weighted by Gasteiger charge is 2.49. The van der Waals surface area contributed by atoms with Crippen LogP contribution < -0.4 is 11.4 Å². The normalized spacial score (nSPS) is 27.7. The van der Waals surface area contributed by atoms with Gasteiger partial charge in [0.05, 0.1) is 6.61 Å². The molecule has 166 valence electrons. The summed E-state index contributed by atoms with van der Waals surface area (Å²) in [6.07, 6.45) is -6.13. The van der Waals surface area contributed by atoms with Crippen molar-refractivity contribution < 1.29 is 61.4 Å². The van der Waals surface area contributed by atoms with Gasteiger partial charge in [0.25, 0.3) is 0 Å². The number of rotatable bonds is 8. The fraction of sp³-hybridized carbons (Fsp3) is 0.556. The summed E-state index contributed by atoms with van der Waals surface area (Å²) in [7, 11) is -15.9. The van der Waals surface area contributed by atoms with Crippen LogP contribution in [0.5, 0.6) is 0 Å². The lowest BCUT2D eigenvalue weighted by atomic mass is 10.1. The van der Waals surface area contributed by atoms with Crippen molar-refractivity contribution in [2.24, 2.45) is 0 Å². The number of nitrogens with zero attached hydrogens (tertiary/aromatic N) is 2. The highest BCUT2D eigenvalue weighted by atomic mass is 31.3. The largest absolute Gasteiger partial charge is 0.481 e. The maximum atomic E-state index is 12.0. The van der Waals surface area contributed by atoms with E-state index in [4.69, 9.17) is 30.0 Å². The third-order valence-corrected chi connectivity index (χ3v) is 5.98. The van der Waals surface area contributed by atoms with E-state index >= 15 is 0 Å². The summed E-state index contributed by atoms with van der Waals surface area (Å²) in [6.45, 7) is -1.05. The van der Waals surface area contributed by atoms with Gasteiger partial charge in [0.15, 0.2) is 6.23 Å². The lowest BCUT2D eigenvalue weighted by Crippen LogP contribution is -2.37. The number of aliphatic hydroxyl groups is 1. The first-order chi connectivity index (χ1) is 13.1. The molecule has 0 bridgehead atoms. The molecular formula is C9H16N3O14P3. The van der Waals surface area contributed by atoms with Crippen LogP contribution in [0.4, 0.5) is 5.82 Å². The van der Waals surface area contributed by atoms with Crippen LogP contribution in [0.25, 0.3) is 0 Å². The number of anilines is 1. The minimum absolute atomic E-state index is 0.187. The Kier molecular flexibility index (Phi) is 7.20. The summed E-state index contributed by atoms with van der Waals surface area (Å²) in [5, 5.41) is 10.2. The molecule has 0 saturated carbocycles. The summed E-state index contributed by atoms with van der Waals surface area (Å²) in [5.74, 6) is -0.187. The van der Waals surface area contributed by atoms with Crippen LogP contribution in [-0.2, 0) is 31.8 Å². The first-order valence-electron chi connectivity index (χ1n) is 7.24. The number of aliphatic hydroxyl groups excluding tert-OH is 1. The van der Waals surface area contributed by atoms with Crippen molar-refractivity contribution in [1.29, 1.82) is 0 Å². The van der Waals surface area contributed by atoms with Crippen LogP contribution in [0.2, 0.25) is 0 Å². The van der Waals surface area contributed by atoms with E-state index < -0.39 is 60.3 Å². The van der Waals surface area contributed by atoms with E-state index in [1.54, 1.807) is 0 Å². The number of ether oxygens (including phenoxy) is 1. The smallest absolute Gasteiger partial charge is 0.387 e. The lowest BCUT2D eigenvalue weighted by Gasteiger charge is -2.22. The van der Waals surface area contributed by atoms with E-state index in [1.165, 1.54) is 0 Å². The average molecular weight is 483 g/mol. The summed E-state index contributed by atoms with van der Waals surface area (Å²) < 4.78 is 51.5. The third kappa shape index (κ3) is 7.01. The van der Waals surface area contributed by atoms with Crippen molar-refractivity contribution in [3.63, 3.8) is 0 Å². The third-order valence-electron chi connectivity index (χ3n) is 3.31. The van der Waals surface area contributed by atoms with Crippen molar-refractivity contribution in [3.05, 3.63) is 22.7 Å². The predicted octanol–water partition coefficient (Wildman–Crippen LogP) is -2.21. The maximum Gasteiger partial charge on any atom is 0.481 e. The van der Waals surface area contributed by atoms with Crippen molar-refractivity contribution in [3.8, 4) is 0 Å². The van der Waals surface area contributed by atoms with Crippen molar-refractivity contribution in [2.75, 3.05) is 12.3 Å². The topological polar surface area (TPSA) is 270 Å². The molecule has 1 aromatic rings. The van der Waals surface area contributed by atoms with Gasteiger partial charge in [-0.3, -0.25) is 13.6 Å². The molecule has 0 amide bonds. The zero-order valence-corrected chi connectivity index (χ0v) is 16.6. The molecule has 1 fully saturated rings. The summed E-state index contributed by atoms with van der Waals surface area (Å²) in [4.78, 5) is 59.7. The molecule has 8 N–H and O–H groups in total. The monoisotopic (exact) mass is 483 g/mol. The van der Waals surface area contributed by atoms with Gasteiger partial charge >= 0.3 is 29.2 Å². The maximum absolute atomic E-state index is 12.0. The van der Waals surface area contributed by atoms with Gasteiger partial charge in [0.1, 0.15) is 24.1 Å². The number of phosphoric acid groups is 3. The number of aromatic nitrogens is 2. The van der Waals surface area contributed by atoms with Crippen LogP contribution >= 0.6 is 23.5 Å². The van der Waals surface area contributed by atoms with E-state index in [1.807, 2.05) is 0 Å². The van der Waals surface area contributed by atoms with Gasteiger partial charge in [-0.2, -0.15) is 9.29 Å². The molecule has 2 heterocycles. The number of phosphoric ester groups is 2. The molecule has 0 radical (unpaired) electrons. The Morgan fingerprint density at radius 3 is 2.31 bits per heavy atom. The second kappa shape index (κ2) is 8.61. The Morgan fingerprint density at radius 2 is 1.79 bits per heavy atom. The van der Waals surface area contributed by atoms with E-state index in [9.17, 15) is 28.5 Å². The highest BCUT2D eigenvalue weighted by Crippen LogP contribution is 2.57. The average Bonchev–Trinajstić information content (AvgIpc) is 2.78. The van der Waals surface area contributed by atoms with Gasteiger partial charge in [0, 0.05) is 6.20 Å².